The molecular weight excluding hydrogens is 220 g/mol. The van der Waals surface area contributed by atoms with E-state index < -0.39 is 0 Å². The summed E-state index contributed by atoms with van der Waals surface area (Å²) in [5, 5.41) is 6.39. The van der Waals surface area contributed by atoms with E-state index in [0.717, 1.165) is 38.2 Å². The Bertz CT molecular complexity index is 227. The molecule has 2 atom stereocenters. The van der Waals surface area contributed by atoms with Gasteiger partial charge < -0.3 is 10.6 Å². The zero-order valence-electron chi connectivity index (χ0n) is 10.6. The number of hydrogen-bond acceptors (Lipinski definition) is 3. The second-order valence-corrected chi connectivity index (χ2v) is 6.02. The Labute approximate surface area is 103 Å². The van der Waals surface area contributed by atoms with Gasteiger partial charge in [0.15, 0.2) is 0 Å². The standard InChI is InChI=1S/C12H24N2OS/c1-10(8-16-3)7-14-11(15)12(2)5-4-6-13-9-12/h10,13H,4-9H2,1-3H3,(H,14,15). The van der Waals surface area contributed by atoms with E-state index in [1.165, 1.54) is 0 Å². The van der Waals surface area contributed by atoms with Crippen LogP contribution in [0.25, 0.3) is 0 Å². The summed E-state index contributed by atoms with van der Waals surface area (Å²) in [5.74, 6) is 1.88. The molecule has 1 aliphatic rings. The fraction of sp³-hybridized carbons (Fsp3) is 0.917. The van der Waals surface area contributed by atoms with Gasteiger partial charge in [-0.05, 0) is 44.2 Å². The van der Waals surface area contributed by atoms with Crippen molar-refractivity contribution >= 4 is 17.7 Å². The molecule has 1 amide bonds. The summed E-state index contributed by atoms with van der Waals surface area (Å²) >= 11 is 1.83. The minimum Gasteiger partial charge on any atom is -0.355 e. The van der Waals surface area contributed by atoms with E-state index in [9.17, 15) is 4.79 Å². The average Bonchev–Trinajstić information content (AvgIpc) is 2.27. The minimum absolute atomic E-state index is 0.197. The Morgan fingerprint density at radius 2 is 2.38 bits per heavy atom. The van der Waals surface area contributed by atoms with Crippen molar-refractivity contribution in [3.05, 3.63) is 0 Å². The lowest BCUT2D eigenvalue weighted by atomic mass is 9.82. The van der Waals surface area contributed by atoms with Gasteiger partial charge in [0.25, 0.3) is 0 Å². The zero-order chi connectivity index (χ0) is 12.0. The molecule has 0 aromatic heterocycles. The van der Waals surface area contributed by atoms with E-state index >= 15 is 0 Å². The summed E-state index contributed by atoms with van der Waals surface area (Å²) in [4.78, 5) is 12.1. The highest BCUT2D eigenvalue weighted by Gasteiger charge is 2.34. The van der Waals surface area contributed by atoms with E-state index in [-0.39, 0.29) is 11.3 Å². The molecule has 0 aliphatic carbocycles. The number of thioether (sulfide) groups is 1. The number of piperidine rings is 1. The lowest BCUT2D eigenvalue weighted by molar-refractivity contribution is -0.131. The Morgan fingerprint density at radius 3 is 2.94 bits per heavy atom. The number of amides is 1. The first-order valence-electron chi connectivity index (χ1n) is 6.06. The van der Waals surface area contributed by atoms with Gasteiger partial charge in [0.1, 0.15) is 0 Å². The van der Waals surface area contributed by atoms with Gasteiger partial charge in [0.05, 0.1) is 5.41 Å². The largest absolute Gasteiger partial charge is 0.355 e. The van der Waals surface area contributed by atoms with Gasteiger partial charge in [-0.3, -0.25) is 4.79 Å². The fourth-order valence-electron chi connectivity index (χ4n) is 2.07. The third kappa shape index (κ3) is 3.98. The van der Waals surface area contributed by atoms with Crippen molar-refractivity contribution in [2.45, 2.75) is 26.7 Å². The first-order chi connectivity index (χ1) is 7.58. The first kappa shape index (κ1) is 13.8. The van der Waals surface area contributed by atoms with Crippen LogP contribution in [-0.4, -0.2) is 37.6 Å². The van der Waals surface area contributed by atoms with E-state index in [1.54, 1.807) is 0 Å². The molecule has 0 aromatic rings. The Balaban J connectivity index is 2.33. The summed E-state index contributed by atoms with van der Waals surface area (Å²) in [6, 6.07) is 0. The molecule has 0 radical (unpaired) electrons. The molecule has 3 nitrogen and oxygen atoms in total. The maximum atomic E-state index is 12.1. The van der Waals surface area contributed by atoms with Crippen LogP contribution in [-0.2, 0) is 4.79 Å². The zero-order valence-corrected chi connectivity index (χ0v) is 11.5. The summed E-state index contributed by atoms with van der Waals surface area (Å²) in [6.45, 7) is 6.91. The molecule has 0 spiro atoms. The molecule has 1 rings (SSSR count). The summed E-state index contributed by atoms with van der Waals surface area (Å²) in [6.07, 6.45) is 4.21. The monoisotopic (exact) mass is 244 g/mol. The van der Waals surface area contributed by atoms with Crippen LogP contribution in [0.15, 0.2) is 0 Å². The third-order valence-corrected chi connectivity index (χ3v) is 4.11. The highest BCUT2D eigenvalue weighted by Crippen LogP contribution is 2.25. The second-order valence-electron chi connectivity index (χ2n) is 5.11. The molecule has 1 aliphatic heterocycles. The Kier molecular flexibility index (Phi) is 5.62. The van der Waals surface area contributed by atoms with Crippen molar-refractivity contribution in [3.63, 3.8) is 0 Å². The summed E-state index contributed by atoms with van der Waals surface area (Å²) in [5.41, 5.74) is -0.197. The third-order valence-electron chi connectivity index (χ3n) is 3.21. The van der Waals surface area contributed by atoms with E-state index in [0.29, 0.717) is 5.92 Å². The predicted octanol–water partition coefficient (Wildman–Crippen LogP) is 1.49. The van der Waals surface area contributed by atoms with Gasteiger partial charge in [-0.1, -0.05) is 6.92 Å². The van der Waals surface area contributed by atoms with Crippen LogP contribution in [0.4, 0.5) is 0 Å². The van der Waals surface area contributed by atoms with Crippen LogP contribution in [0.5, 0.6) is 0 Å². The van der Waals surface area contributed by atoms with Gasteiger partial charge in [-0.15, -0.1) is 0 Å². The molecule has 2 N–H and O–H groups in total. The minimum atomic E-state index is -0.197. The first-order valence-corrected chi connectivity index (χ1v) is 7.46. The Hall–Kier alpha value is -0.220. The van der Waals surface area contributed by atoms with Gasteiger partial charge in [0.2, 0.25) is 5.91 Å². The van der Waals surface area contributed by atoms with Crippen molar-refractivity contribution in [1.82, 2.24) is 10.6 Å². The molecule has 1 heterocycles. The maximum absolute atomic E-state index is 12.1. The maximum Gasteiger partial charge on any atom is 0.227 e. The average molecular weight is 244 g/mol. The van der Waals surface area contributed by atoms with E-state index in [1.807, 2.05) is 11.8 Å². The van der Waals surface area contributed by atoms with Gasteiger partial charge >= 0.3 is 0 Å². The summed E-state index contributed by atoms with van der Waals surface area (Å²) in [7, 11) is 0. The Morgan fingerprint density at radius 1 is 1.62 bits per heavy atom. The number of carbonyl (C=O) groups is 1. The smallest absolute Gasteiger partial charge is 0.227 e. The second kappa shape index (κ2) is 6.50. The van der Waals surface area contributed by atoms with Crippen molar-refractivity contribution in [2.24, 2.45) is 11.3 Å². The molecule has 94 valence electrons. The van der Waals surface area contributed by atoms with Crippen LogP contribution < -0.4 is 10.6 Å². The number of carbonyl (C=O) groups excluding carboxylic acids is 1. The molecule has 16 heavy (non-hydrogen) atoms. The molecule has 4 heteroatoms. The van der Waals surface area contributed by atoms with Crippen LogP contribution in [0.2, 0.25) is 0 Å². The topological polar surface area (TPSA) is 41.1 Å². The highest BCUT2D eigenvalue weighted by molar-refractivity contribution is 7.98. The van der Waals surface area contributed by atoms with Crippen molar-refractivity contribution in [1.29, 1.82) is 0 Å². The number of nitrogens with one attached hydrogen (secondary N) is 2. The molecule has 2 unspecified atom stereocenters. The molecular formula is C12H24N2OS. The van der Waals surface area contributed by atoms with Crippen LogP contribution in [0.1, 0.15) is 26.7 Å². The predicted molar refractivity (Wildman–Crippen MR) is 70.8 cm³/mol. The lowest BCUT2D eigenvalue weighted by Crippen LogP contribution is -2.49. The molecule has 1 saturated heterocycles. The van der Waals surface area contributed by atoms with Gasteiger partial charge in [0, 0.05) is 13.1 Å². The molecule has 1 fully saturated rings. The number of rotatable bonds is 5. The van der Waals surface area contributed by atoms with Crippen LogP contribution >= 0.6 is 11.8 Å². The van der Waals surface area contributed by atoms with Gasteiger partial charge in [-0.25, -0.2) is 0 Å². The highest BCUT2D eigenvalue weighted by atomic mass is 32.2. The van der Waals surface area contributed by atoms with Gasteiger partial charge in [-0.2, -0.15) is 11.8 Å². The summed E-state index contributed by atoms with van der Waals surface area (Å²) < 4.78 is 0. The molecule has 0 saturated carbocycles. The van der Waals surface area contributed by atoms with E-state index in [4.69, 9.17) is 0 Å². The quantitative estimate of drug-likeness (QED) is 0.770. The molecule has 0 bridgehead atoms. The van der Waals surface area contributed by atoms with Crippen LogP contribution in [0.3, 0.4) is 0 Å². The molecule has 0 aromatic carbocycles. The number of hydrogen-bond donors (Lipinski definition) is 2. The normalized spacial score (nSPS) is 27.4. The van der Waals surface area contributed by atoms with E-state index in [2.05, 4.69) is 30.7 Å². The van der Waals surface area contributed by atoms with Crippen molar-refractivity contribution in [3.8, 4) is 0 Å². The lowest BCUT2D eigenvalue weighted by Gasteiger charge is -2.33. The van der Waals surface area contributed by atoms with Crippen molar-refractivity contribution < 1.29 is 4.79 Å². The van der Waals surface area contributed by atoms with Crippen molar-refractivity contribution in [2.75, 3.05) is 31.6 Å². The SMILES string of the molecule is CSCC(C)CNC(=O)C1(C)CCCNC1. The fourth-order valence-corrected chi connectivity index (χ4v) is 2.76. The van der Waals surface area contributed by atoms with Crippen LogP contribution in [0, 0.1) is 11.3 Å².